The van der Waals surface area contributed by atoms with Crippen LogP contribution in [0.2, 0.25) is 0 Å². The van der Waals surface area contributed by atoms with Gasteiger partial charge in [0.15, 0.2) is 0 Å². The summed E-state index contributed by atoms with van der Waals surface area (Å²) in [6.07, 6.45) is 1.90. The molecule has 1 amide bonds. The molecule has 7 nitrogen and oxygen atoms in total. The highest BCUT2D eigenvalue weighted by atomic mass is 16.5. The molecule has 21 heavy (non-hydrogen) atoms. The van der Waals surface area contributed by atoms with E-state index in [1.165, 1.54) is 6.07 Å². The SMILES string of the molecule is CC1(C)C[C@@H](C(=O)NCCc2nc(N)cc(=O)[nH]2)CCO1. The molecule has 116 valence electrons. The average Bonchev–Trinajstić information content (AvgIpc) is 2.36. The van der Waals surface area contributed by atoms with Gasteiger partial charge in [0.05, 0.1) is 5.60 Å². The fourth-order valence-electron chi connectivity index (χ4n) is 2.55. The Balaban J connectivity index is 1.83. The molecule has 1 aromatic rings. The van der Waals surface area contributed by atoms with Crippen LogP contribution in [-0.2, 0) is 16.0 Å². The third kappa shape index (κ3) is 4.56. The Hall–Kier alpha value is -1.89. The van der Waals surface area contributed by atoms with Crippen molar-refractivity contribution in [3.63, 3.8) is 0 Å². The number of nitrogens with two attached hydrogens (primary N) is 1. The number of carbonyl (C=O) groups excluding carboxylic acids is 1. The maximum Gasteiger partial charge on any atom is 0.252 e. The number of hydrogen-bond acceptors (Lipinski definition) is 5. The van der Waals surface area contributed by atoms with Gasteiger partial charge in [0.25, 0.3) is 5.56 Å². The Morgan fingerprint density at radius 3 is 3.05 bits per heavy atom. The third-order valence-corrected chi connectivity index (χ3v) is 3.54. The zero-order valence-corrected chi connectivity index (χ0v) is 12.4. The molecule has 0 aliphatic carbocycles. The number of aromatic amines is 1. The molecule has 0 aromatic carbocycles. The summed E-state index contributed by atoms with van der Waals surface area (Å²) in [5.74, 6) is 0.665. The van der Waals surface area contributed by atoms with Crippen molar-refractivity contribution in [2.75, 3.05) is 18.9 Å². The smallest absolute Gasteiger partial charge is 0.252 e. The Kier molecular flexibility index (Phi) is 4.62. The third-order valence-electron chi connectivity index (χ3n) is 3.54. The standard InChI is InChI=1S/C14H22N4O3/c1-14(2)8-9(4-6-21-14)13(20)16-5-3-11-17-10(15)7-12(19)18-11/h7,9H,3-6,8H2,1-2H3,(H,16,20)(H3,15,17,18,19)/t9-/m0/s1. The molecule has 1 aliphatic rings. The minimum Gasteiger partial charge on any atom is -0.383 e. The van der Waals surface area contributed by atoms with Gasteiger partial charge in [-0.3, -0.25) is 9.59 Å². The molecule has 7 heteroatoms. The second-order valence-corrected chi connectivity index (χ2v) is 5.96. The minimum absolute atomic E-state index is 0.0256. The molecule has 2 rings (SSSR count). The van der Waals surface area contributed by atoms with Crippen LogP contribution in [0.4, 0.5) is 5.82 Å². The van der Waals surface area contributed by atoms with Crippen molar-refractivity contribution >= 4 is 11.7 Å². The van der Waals surface area contributed by atoms with Gasteiger partial charge in [-0.2, -0.15) is 0 Å². The summed E-state index contributed by atoms with van der Waals surface area (Å²) in [6.45, 7) is 5.01. The van der Waals surface area contributed by atoms with Crippen molar-refractivity contribution in [2.24, 2.45) is 5.92 Å². The highest BCUT2D eigenvalue weighted by molar-refractivity contribution is 5.78. The second-order valence-electron chi connectivity index (χ2n) is 5.96. The Morgan fingerprint density at radius 2 is 2.38 bits per heavy atom. The van der Waals surface area contributed by atoms with Gasteiger partial charge in [0, 0.05) is 31.6 Å². The summed E-state index contributed by atoms with van der Waals surface area (Å²) in [4.78, 5) is 30.0. The first kappa shape index (κ1) is 15.5. The summed E-state index contributed by atoms with van der Waals surface area (Å²) >= 11 is 0. The topological polar surface area (TPSA) is 110 Å². The van der Waals surface area contributed by atoms with E-state index in [0.717, 1.165) is 6.42 Å². The fraction of sp³-hybridized carbons (Fsp3) is 0.643. The largest absolute Gasteiger partial charge is 0.383 e. The average molecular weight is 294 g/mol. The fourth-order valence-corrected chi connectivity index (χ4v) is 2.55. The lowest BCUT2D eigenvalue weighted by Crippen LogP contribution is -2.42. The van der Waals surface area contributed by atoms with E-state index in [1.54, 1.807) is 0 Å². The summed E-state index contributed by atoms with van der Waals surface area (Å²) in [7, 11) is 0. The van der Waals surface area contributed by atoms with Crippen molar-refractivity contribution in [2.45, 2.75) is 38.7 Å². The van der Waals surface area contributed by atoms with E-state index < -0.39 is 0 Å². The number of amides is 1. The Bertz CT molecular complexity index is 568. The predicted molar refractivity (Wildman–Crippen MR) is 78.7 cm³/mol. The summed E-state index contributed by atoms with van der Waals surface area (Å²) in [5, 5.41) is 2.88. The number of carbonyl (C=O) groups is 1. The molecule has 0 unspecified atom stereocenters. The number of nitrogens with zero attached hydrogens (tertiary/aromatic N) is 1. The number of aromatic nitrogens is 2. The van der Waals surface area contributed by atoms with Crippen LogP contribution >= 0.6 is 0 Å². The molecule has 1 saturated heterocycles. The van der Waals surface area contributed by atoms with Crippen molar-refractivity contribution in [1.29, 1.82) is 0 Å². The maximum atomic E-state index is 12.1. The van der Waals surface area contributed by atoms with Crippen LogP contribution < -0.4 is 16.6 Å². The van der Waals surface area contributed by atoms with Crippen molar-refractivity contribution in [1.82, 2.24) is 15.3 Å². The number of anilines is 1. The number of hydrogen-bond donors (Lipinski definition) is 3. The summed E-state index contributed by atoms with van der Waals surface area (Å²) in [6, 6.07) is 1.23. The monoisotopic (exact) mass is 294 g/mol. The van der Waals surface area contributed by atoms with E-state index >= 15 is 0 Å². The number of rotatable bonds is 4. The van der Waals surface area contributed by atoms with E-state index in [-0.39, 0.29) is 28.8 Å². The van der Waals surface area contributed by atoms with Gasteiger partial charge in [0.1, 0.15) is 11.6 Å². The minimum atomic E-state index is -0.282. The van der Waals surface area contributed by atoms with E-state index in [1.807, 2.05) is 13.8 Å². The zero-order valence-electron chi connectivity index (χ0n) is 12.4. The summed E-state index contributed by atoms with van der Waals surface area (Å²) in [5.41, 5.74) is 4.97. The van der Waals surface area contributed by atoms with Crippen LogP contribution in [0, 0.1) is 5.92 Å². The Labute approximate surface area is 123 Å². The molecule has 0 spiro atoms. The molecule has 1 aromatic heterocycles. The van der Waals surface area contributed by atoms with Gasteiger partial charge < -0.3 is 20.8 Å². The highest BCUT2D eigenvalue weighted by Gasteiger charge is 2.32. The van der Waals surface area contributed by atoms with Gasteiger partial charge in [-0.05, 0) is 26.7 Å². The number of nitrogens with one attached hydrogen (secondary N) is 2. The maximum absolute atomic E-state index is 12.1. The van der Waals surface area contributed by atoms with Gasteiger partial charge in [-0.15, -0.1) is 0 Å². The van der Waals surface area contributed by atoms with E-state index in [9.17, 15) is 9.59 Å². The first-order valence-electron chi connectivity index (χ1n) is 7.13. The molecule has 0 radical (unpaired) electrons. The number of nitrogen functional groups attached to an aromatic ring is 1. The van der Waals surface area contributed by atoms with Gasteiger partial charge >= 0.3 is 0 Å². The summed E-state index contributed by atoms with van der Waals surface area (Å²) < 4.78 is 5.60. The van der Waals surface area contributed by atoms with Crippen molar-refractivity contribution in [3.05, 3.63) is 22.2 Å². The van der Waals surface area contributed by atoms with Crippen LogP contribution in [0.1, 0.15) is 32.5 Å². The van der Waals surface area contributed by atoms with Crippen LogP contribution in [0.5, 0.6) is 0 Å². The van der Waals surface area contributed by atoms with Gasteiger partial charge in [-0.25, -0.2) is 4.98 Å². The van der Waals surface area contributed by atoms with E-state index in [2.05, 4.69) is 15.3 Å². The van der Waals surface area contributed by atoms with Gasteiger partial charge in [-0.1, -0.05) is 0 Å². The highest BCUT2D eigenvalue weighted by Crippen LogP contribution is 2.28. The Morgan fingerprint density at radius 1 is 1.62 bits per heavy atom. The molecule has 2 heterocycles. The van der Waals surface area contributed by atoms with Crippen molar-refractivity contribution in [3.8, 4) is 0 Å². The van der Waals surface area contributed by atoms with Crippen LogP contribution in [0.25, 0.3) is 0 Å². The molecule has 1 atom stereocenters. The lowest BCUT2D eigenvalue weighted by Gasteiger charge is -2.34. The predicted octanol–water partition coefficient (Wildman–Crippen LogP) is 0.216. The van der Waals surface area contributed by atoms with Crippen LogP contribution in [0.3, 0.4) is 0 Å². The lowest BCUT2D eigenvalue weighted by molar-refractivity contribution is -0.135. The first-order valence-corrected chi connectivity index (χ1v) is 7.13. The molecule has 0 saturated carbocycles. The number of ether oxygens (including phenoxy) is 1. The zero-order chi connectivity index (χ0) is 15.5. The quantitative estimate of drug-likeness (QED) is 0.735. The van der Waals surface area contributed by atoms with Crippen LogP contribution in [-0.4, -0.2) is 34.6 Å². The number of H-pyrrole nitrogens is 1. The molecule has 4 N–H and O–H groups in total. The molecular weight excluding hydrogens is 272 g/mol. The first-order chi connectivity index (χ1) is 9.85. The van der Waals surface area contributed by atoms with E-state index in [4.69, 9.17) is 10.5 Å². The molecular formula is C14H22N4O3. The molecule has 1 aliphatic heterocycles. The normalized spacial score (nSPS) is 21.0. The molecule has 0 bridgehead atoms. The molecule has 1 fully saturated rings. The second kappa shape index (κ2) is 6.26. The van der Waals surface area contributed by atoms with E-state index in [0.29, 0.717) is 31.8 Å². The van der Waals surface area contributed by atoms with Crippen LogP contribution in [0.15, 0.2) is 10.9 Å². The lowest BCUT2D eigenvalue weighted by atomic mass is 9.88. The van der Waals surface area contributed by atoms with Crippen molar-refractivity contribution < 1.29 is 9.53 Å². The van der Waals surface area contributed by atoms with Gasteiger partial charge in [0.2, 0.25) is 5.91 Å².